The van der Waals surface area contributed by atoms with Gasteiger partial charge in [-0.15, -0.1) is 0 Å². The van der Waals surface area contributed by atoms with Gasteiger partial charge in [-0.3, -0.25) is 10.1 Å². The summed E-state index contributed by atoms with van der Waals surface area (Å²) in [5.74, 6) is 0.332. The minimum Gasteiger partial charge on any atom is -0.485 e. The van der Waals surface area contributed by atoms with Crippen molar-refractivity contribution in [3.05, 3.63) is 56.8 Å². The van der Waals surface area contributed by atoms with Crippen LogP contribution >= 0.6 is 23.2 Å². The third-order valence-electron chi connectivity index (χ3n) is 4.12. The highest BCUT2D eigenvalue weighted by molar-refractivity contribution is 6.36. The third kappa shape index (κ3) is 6.56. The molecule has 3 rings (SSSR count). The summed E-state index contributed by atoms with van der Waals surface area (Å²) in [6, 6.07) is 7.64. The predicted molar refractivity (Wildman–Crippen MR) is 126 cm³/mol. The Hall–Kier alpha value is -3.37. The van der Waals surface area contributed by atoms with E-state index >= 15 is 0 Å². The van der Waals surface area contributed by atoms with Crippen molar-refractivity contribution < 1.29 is 19.2 Å². The summed E-state index contributed by atoms with van der Waals surface area (Å²) >= 11 is 12.1. The minimum atomic E-state index is -0.635. The highest BCUT2D eigenvalue weighted by Crippen LogP contribution is 2.35. The molecule has 2 N–H and O–H groups in total. The molecular weight excluding hydrogens is 473 g/mol. The highest BCUT2D eigenvalue weighted by Gasteiger charge is 2.20. The molecule has 0 saturated carbocycles. The van der Waals surface area contributed by atoms with Crippen molar-refractivity contribution in [2.24, 2.45) is 0 Å². The number of fused-ring (bicyclic) bond motifs is 1. The molecule has 0 aliphatic carbocycles. The average Bonchev–Trinajstić information content (AvgIpc) is 2.71. The zero-order valence-corrected chi connectivity index (χ0v) is 19.5. The molecule has 0 spiro atoms. The van der Waals surface area contributed by atoms with Crippen LogP contribution in [0.3, 0.4) is 0 Å². The zero-order chi connectivity index (χ0) is 24.2. The first-order valence-electron chi connectivity index (χ1n) is 9.78. The van der Waals surface area contributed by atoms with E-state index < -0.39 is 16.6 Å². The average molecular weight is 494 g/mol. The van der Waals surface area contributed by atoms with Crippen molar-refractivity contribution in [3.8, 4) is 5.75 Å². The van der Waals surface area contributed by atoms with Gasteiger partial charge >= 0.3 is 11.8 Å². The van der Waals surface area contributed by atoms with Crippen molar-refractivity contribution in [1.82, 2.24) is 15.3 Å². The molecule has 0 fully saturated rings. The number of nitrogens with zero attached hydrogens (tertiary/aromatic N) is 3. The van der Waals surface area contributed by atoms with E-state index in [0.717, 1.165) is 0 Å². The van der Waals surface area contributed by atoms with Gasteiger partial charge in [0.1, 0.15) is 24.4 Å². The van der Waals surface area contributed by atoms with E-state index in [-0.39, 0.29) is 24.6 Å². The van der Waals surface area contributed by atoms with Gasteiger partial charge in [-0.05, 0) is 39.0 Å². The Kier molecular flexibility index (Phi) is 7.39. The third-order valence-corrected chi connectivity index (χ3v) is 4.67. The number of carbonyl (C=O) groups is 1. The van der Waals surface area contributed by atoms with Crippen LogP contribution in [-0.4, -0.2) is 39.7 Å². The molecule has 174 valence electrons. The van der Waals surface area contributed by atoms with Crippen molar-refractivity contribution in [2.45, 2.75) is 26.4 Å². The number of hydrogen-bond acceptors (Lipinski definition) is 8. The van der Waals surface area contributed by atoms with Gasteiger partial charge in [-0.25, -0.2) is 14.8 Å². The normalized spacial score (nSPS) is 11.2. The number of nitro benzene ring substituents is 1. The molecule has 0 bridgehead atoms. The lowest BCUT2D eigenvalue weighted by molar-refractivity contribution is -0.385. The lowest BCUT2D eigenvalue weighted by atomic mass is 10.2. The Morgan fingerprint density at radius 2 is 1.94 bits per heavy atom. The Labute approximate surface area is 199 Å². The van der Waals surface area contributed by atoms with E-state index in [1.54, 1.807) is 39.0 Å². The lowest BCUT2D eigenvalue weighted by Gasteiger charge is -2.19. The van der Waals surface area contributed by atoms with E-state index in [1.807, 2.05) is 0 Å². The minimum absolute atomic E-state index is 0.00710. The maximum atomic E-state index is 11.7. The maximum absolute atomic E-state index is 11.7. The van der Waals surface area contributed by atoms with Crippen molar-refractivity contribution in [2.75, 3.05) is 18.5 Å². The van der Waals surface area contributed by atoms with E-state index in [4.69, 9.17) is 32.7 Å². The number of amides is 1. The topological polar surface area (TPSA) is 129 Å². The molecule has 1 amide bonds. The van der Waals surface area contributed by atoms with Crippen LogP contribution in [0.2, 0.25) is 10.0 Å². The Bertz CT molecular complexity index is 1200. The summed E-state index contributed by atoms with van der Waals surface area (Å²) in [4.78, 5) is 31.2. The van der Waals surface area contributed by atoms with E-state index in [1.165, 1.54) is 18.5 Å². The van der Waals surface area contributed by atoms with E-state index in [9.17, 15) is 14.9 Å². The largest absolute Gasteiger partial charge is 0.485 e. The van der Waals surface area contributed by atoms with E-state index in [0.29, 0.717) is 32.5 Å². The molecule has 0 radical (unpaired) electrons. The van der Waals surface area contributed by atoms with Gasteiger partial charge in [-0.1, -0.05) is 23.2 Å². The van der Waals surface area contributed by atoms with Crippen LogP contribution in [0, 0.1) is 10.1 Å². The fourth-order valence-electron chi connectivity index (χ4n) is 2.78. The Balaban J connectivity index is 1.80. The van der Waals surface area contributed by atoms with Gasteiger partial charge in [0.2, 0.25) is 0 Å². The van der Waals surface area contributed by atoms with Crippen LogP contribution in [0.1, 0.15) is 20.8 Å². The molecule has 33 heavy (non-hydrogen) atoms. The molecule has 0 atom stereocenters. The summed E-state index contributed by atoms with van der Waals surface area (Å²) in [6.07, 6.45) is 0.706. The molecule has 12 heteroatoms. The number of alkyl carbamates (subject to hydrolysis) is 1. The molecule has 1 aromatic heterocycles. The molecule has 0 unspecified atom stereocenters. The number of benzene rings is 2. The first-order valence-corrected chi connectivity index (χ1v) is 10.5. The number of carbonyl (C=O) groups excluding carboxylic acids is 1. The Morgan fingerprint density at radius 1 is 1.18 bits per heavy atom. The van der Waals surface area contributed by atoms with Gasteiger partial charge in [0.25, 0.3) is 0 Å². The van der Waals surface area contributed by atoms with Gasteiger partial charge in [0.05, 0.1) is 33.1 Å². The van der Waals surface area contributed by atoms with Crippen LogP contribution in [-0.2, 0) is 4.74 Å². The van der Waals surface area contributed by atoms with Gasteiger partial charge < -0.3 is 20.1 Å². The van der Waals surface area contributed by atoms with Crippen LogP contribution < -0.4 is 15.4 Å². The number of hydrogen-bond donors (Lipinski definition) is 2. The van der Waals surface area contributed by atoms with Crippen molar-refractivity contribution in [3.63, 3.8) is 0 Å². The number of rotatable bonds is 7. The molecule has 10 nitrogen and oxygen atoms in total. The number of nitro groups is 1. The highest BCUT2D eigenvalue weighted by atomic mass is 35.5. The van der Waals surface area contributed by atoms with Crippen LogP contribution in [0.25, 0.3) is 10.9 Å². The number of anilines is 2. The SMILES string of the molecule is CC(C)(C)OC(=O)NCCOc1cc2ncnc(Nc3ccc(Cl)cc3Cl)c2cc1[N+](=O)[O-]. The van der Waals surface area contributed by atoms with Crippen LogP contribution in [0.4, 0.5) is 22.0 Å². The first-order chi connectivity index (χ1) is 15.5. The fraction of sp³-hybridized carbons (Fsp3) is 0.286. The molecule has 0 saturated heterocycles. The lowest BCUT2D eigenvalue weighted by Crippen LogP contribution is -2.34. The fourth-order valence-corrected chi connectivity index (χ4v) is 3.23. The smallest absolute Gasteiger partial charge is 0.407 e. The second-order valence-corrected chi connectivity index (χ2v) is 8.69. The second kappa shape index (κ2) is 10.1. The molecule has 0 aliphatic heterocycles. The quantitative estimate of drug-likeness (QED) is 0.251. The number of aromatic nitrogens is 2. The molecule has 2 aromatic carbocycles. The summed E-state index contributed by atoms with van der Waals surface area (Å²) in [6.45, 7) is 5.31. The number of ether oxygens (including phenoxy) is 2. The maximum Gasteiger partial charge on any atom is 0.407 e. The molecule has 1 heterocycles. The summed E-state index contributed by atoms with van der Waals surface area (Å²) in [5, 5.41) is 18.5. The predicted octanol–water partition coefficient (Wildman–Crippen LogP) is 5.49. The second-order valence-electron chi connectivity index (χ2n) is 7.84. The molecular formula is C21H21Cl2N5O5. The van der Waals surface area contributed by atoms with Gasteiger partial charge in [-0.2, -0.15) is 0 Å². The summed E-state index contributed by atoms with van der Waals surface area (Å²) in [7, 11) is 0. The molecule has 3 aromatic rings. The van der Waals surface area contributed by atoms with E-state index in [2.05, 4.69) is 20.6 Å². The number of halogens is 2. The van der Waals surface area contributed by atoms with Crippen LogP contribution in [0.5, 0.6) is 5.75 Å². The molecule has 0 aliphatic rings. The summed E-state index contributed by atoms with van der Waals surface area (Å²) < 4.78 is 10.7. The standard InChI is InChI=1S/C21H21Cl2N5O5/c1-21(2,3)33-20(29)24-6-7-32-18-10-16-13(9-17(18)28(30)31)19(26-11-25-16)27-15-5-4-12(22)8-14(15)23/h4-5,8-11H,6-7H2,1-3H3,(H,24,29)(H,25,26,27). The zero-order valence-electron chi connectivity index (χ0n) is 18.0. The number of nitrogens with one attached hydrogen (secondary N) is 2. The monoisotopic (exact) mass is 493 g/mol. The van der Waals surface area contributed by atoms with Gasteiger partial charge in [0.15, 0.2) is 5.75 Å². The Morgan fingerprint density at radius 3 is 2.61 bits per heavy atom. The first kappa shape index (κ1) is 24.3. The van der Waals surface area contributed by atoms with Crippen molar-refractivity contribution >= 4 is 57.4 Å². The van der Waals surface area contributed by atoms with Crippen LogP contribution in [0.15, 0.2) is 36.7 Å². The van der Waals surface area contributed by atoms with Gasteiger partial charge in [0, 0.05) is 17.2 Å². The summed E-state index contributed by atoms with van der Waals surface area (Å²) in [5.41, 5.74) is 0.0272. The van der Waals surface area contributed by atoms with Crippen molar-refractivity contribution in [1.29, 1.82) is 0 Å².